The Balaban J connectivity index is 1.72. The van der Waals surface area contributed by atoms with Crippen molar-refractivity contribution in [3.63, 3.8) is 0 Å². The highest BCUT2D eigenvalue weighted by Gasteiger charge is 2.24. The van der Waals surface area contributed by atoms with Gasteiger partial charge in [0.25, 0.3) is 10.0 Å². The lowest BCUT2D eigenvalue weighted by Crippen LogP contribution is -2.50. The quantitative estimate of drug-likeness (QED) is 0.558. The van der Waals surface area contributed by atoms with Crippen LogP contribution in [0, 0.1) is 6.92 Å². The Bertz CT molecular complexity index is 1140. The molecule has 2 aromatic rings. The molecule has 2 aromatic carbocycles. The molecule has 1 amide bonds. The van der Waals surface area contributed by atoms with Crippen molar-refractivity contribution < 1.29 is 23.1 Å². The number of aryl methyl sites for hydroxylation is 1. The van der Waals surface area contributed by atoms with Crippen molar-refractivity contribution in [2.75, 3.05) is 55.4 Å². The number of amides is 1. The van der Waals surface area contributed by atoms with Crippen LogP contribution in [-0.2, 0) is 14.8 Å². The Morgan fingerprint density at radius 1 is 1.03 bits per heavy atom. The monoisotopic (exact) mass is 488 g/mol. The van der Waals surface area contributed by atoms with E-state index >= 15 is 0 Å². The molecule has 0 saturated carbocycles. The molecule has 0 atom stereocenters. The van der Waals surface area contributed by atoms with Gasteiger partial charge in [0.15, 0.2) is 0 Å². The van der Waals surface area contributed by atoms with Crippen LogP contribution < -0.4 is 9.62 Å². The predicted molar refractivity (Wildman–Crippen MR) is 132 cm³/mol. The van der Waals surface area contributed by atoms with Crippen molar-refractivity contribution in [1.82, 2.24) is 9.80 Å². The number of benzene rings is 2. The highest BCUT2D eigenvalue weighted by Crippen LogP contribution is 2.27. The average molecular weight is 489 g/mol. The number of piperazine rings is 1. The van der Waals surface area contributed by atoms with Crippen molar-refractivity contribution in [3.8, 4) is 0 Å². The van der Waals surface area contributed by atoms with E-state index < -0.39 is 16.0 Å². The molecule has 10 heteroatoms. The van der Waals surface area contributed by atoms with E-state index in [4.69, 9.17) is 0 Å². The van der Waals surface area contributed by atoms with Gasteiger partial charge >= 0.3 is 5.97 Å². The van der Waals surface area contributed by atoms with E-state index in [1.54, 1.807) is 31.2 Å². The molecule has 0 bridgehead atoms. The molecule has 1 aliphatic rings. The topological polar surface area (TPSA) is 110 Å². The van der Waals surface area contributed by atoms with E-state index in [-0.39, 0.29) is 22.1 Å². The van der Waals surface area contributed by atoms with Gasteiger partial charge in [-0.2, -0.15) is 0 Å². The number of carbonyl (C=O) groups is 2. The summed E-state index contributed by atoms with van der Waals surface area (Å²) in [6.07, 6.45) is 0. The molecule has 3 rings (SSSR count). The number of aromatic carboxylic acids is 1. The van der Waals surface area contributed by atoms with Crippen LogP contribution in [0.25, 0.3) is 0 Å². The zero-order chi connectivity index (χ0) is 24.9. The summed E-state index contributed by atoms with van der Waals surface area (Å²) in [7, 11) is -3.94. The Morgan fingerprint density at radius 2 is 1.68 bits per heavy atom. The molecule has 0 aromatic heterocycles. The summed E-state index contributed by atoms with van der Waals surface area (Å²) in [6, 6.07) is 11.2. The Labute approximate surface area is 201 Å². The van der Waals surface area contributed by atoms with Crippen LogP contribution in [0.2, 0.25) is 0 Å². The van der Waals surface area contributed by atoms with Gasteiger partial charge in [0.1, 0.15) is 0 Å². The number of likely N-dealkylation sites (N-methyl/N-ethyl adjacent to an activating group) is 1. The van der Waals surface area contributed by atoms with E-state index in [1.165, 1.54) is 18.2 Å². The summed E-state index contributed by atoms with van der Waals surface area (Å²) < 4.78 is 28.1. The number of nitrogens with zero attached hydrogens (tertiary/aromatic N) is 3. The van der Waals surface area contributed by atoms with E-state index in [9.17, 15) is 23.1 Å². The minimum atomic E-state index is -3.94. The molecule has 2 N–H and O–H groups in total. The maximum absolute atomic E-state index is 12.8. The number of carboxylic acid groups (broad SMARTS) is 1. The van der Waals surface area contributed by atoms with Gasteiger partial charge in [-0.25, -0.2) is 13.2 Å². The Hall–Kier alpha value is -3.11. The van der Waals surface area contributed by atoms with Gasteiger partial charge in [-0.15, -0.1) is 0 Å². The molecule has 9 nitrogen and oxygen atoms in total. The molecule has 1 saturated heterocycles. The van der Waals surface area contributed by atoms with Gasteiger partial charge < -0.3 is 14.9 Å². The van der Waals surface area contributed by atoms with Crippen LogP contribution in [0.3, 0.4) is 0 Å². The van der Waals surface area contributed by atoms with Crippen molar-refractivity contribution >= 4 is 33.3 Å². The molecule has 184 valence electrons. The maximum Gasteiger partial charge on any atom is 0.337 e. The third-order valence-corrected chi connectivity index (χ3v) is 7.60. The van der Waals surface area contributed by atoms with Crippen LogP contribution in [-0.4, -0.2) is 81.0 Å². The van der Waals surface area contributed by atoms with E-state index in [1.807, 2.05) is 23.6 Å². The second-order valence-corrected chi connectivity index (χ2v) is 9.89. The highest BCUT2D eigenvalue weighted by molar-refractivity contribution is 7.92. The van der Waals surface area contributed by atoms with Gasteiger partial charge in [-0.1, -0.05) is 18.2 Å². The smallest absolute Gasteiger partial charge is 0.337 e. The summed E-state index contributed by atoms with van der Waals surface area (Å²) in [5.74, 6) is -1.11. The molecule has 1 fully saturated rings. The van der Waals surface area contributed by atoms with Crippen LogP contribution in [0.15, 0.2) is 47.4 Å². The predicted octanol–water partition coefficient (Wildman–Crippen LogP) is 2.48. The summed E-state index contributed by atoms with van der Waals surface area (Å²) in [5.41, 5.74) is 1.17. The molecule has 0 unspecified atom stereocenters. The fourth-order valence-electron chi connectivity index (χ4n) is 4.08. The SMILES string of the molecule is CCN(CC)C(=O)CN1CCN(c2ccc(NS(=O)(=O)c3ccccc3C)c(C(=O)O)c2)CC1. The third-order valence-electron chi connectivity index (χ3n) is 6.07. The number of carboxylic acids is 1. The first-order valence-electron chi connectivity index (χ1n) is 11.4. The lowest BCUT2D eigenvalue weighted by Gasteiger charge is -2.36. The molecular weight excluding hydrogens is 456 g/mol. The minimum Gasteiger partial charge on any atom is -0.478 e. The van der Waals surface area contributed by atoms with Crippen LogP contribution in [0.1, 0.15) is 29.8 Å². The van der Waals surface area contributed by atoms with Gasteiger partial charge in [0.05, 0.1) is 22.7 Å². The van der Waals surface area contributed by atoms with E-state index in [0.29, 0.717) is 57.1 Å². The summed E-state index contributed by atoms with van der Waals surface area (Å²) in [5, 5.41) is 9.75. The molecule has 0 radical (unpaired) electrons. The number of hydrogen-bond acceptors (Lipinski definition) is 6. The first-order valence-corrected chi connectivity index (χ1v) is 12.9. The number of nitrogens with one attached hydrogen (secondary N) is 1. The van der Waals surface area contributed by atoms with E-state index in [2.05, 4.69) is 9.62 Å². The molecule has 0 spiro atoms. The zero-order valence-electron chi connectivity index (χ0n) is 19.8. The molecule has 1 heterocycles. The number of hydrogen-bond donors (Lipinski definition) is 2. The van der Waals surface area contributed by atoms with Gasteiger partial charge in [0, 0.05) is 45.0 Å². The number of rotatable bonds is 9. The Morgan fingerprint density at radius 3 is 2.26 bits per heavy atom. The van der Waals surface area contributed by atoms with Gasteiger partial charge in [0.2, 0.25) is 5.91 Å². The zero-order valence-corrected chi connectivity index (χ0v) is 20.6. The van der Waals surface area contributed by atoms with Crippen molar-refractivity contribution in [2.45, 2.75) is 25.7 Å². The van der Waals surface area contributed by atoms with Crippen molar-refractivity contribution in [3.05, 3.63) is 53.6 Å². The molecule has 34 heavy (non-hydrogen) atoms. The largest absolute Gasteiger partial charge is 0.478 e. The highest BCUT2D eigenvalue weighted by atomic mass is 32.2. The lowest BCUT2D eigenvalue weighted by molar-refractivity contribution is -0.132. The molecule has 0 aliphatic carbocycles. The molecule has 1 aliphatic heterocycles. The van der Waals surface area contributed by atoms with Gasteiger partial charge in [-0.3, -0.25) is 14.4 Å². The van der Waals surface area contributed by atoms with Crippen LogP contribution in [0.4, 0.5) is 11.4 Å². The fourth-order valence-corrected chi connectivity index (χ4v) is 5.41. The maximum atomic E-state index is 12.8. The summed E-state index contributed by atoms with van der Waals surface area (Å²) in [6.45, 7) is 9.99. The normalized spacial score (nSPS) is 14.6. The first kappa shape index (κ1) is 25.5. The fraction of sp³-hybridized carbons (Fsp3) is 0.417. The second kappa shape index (κ2) is 10.9. The average Bonchev–Trinajstić information content (AvgIpc) is 2.80. The minimum absolute atomic E-state index is 0.0166. The number of sulfonamides is 1. The lowest BCUT2D eigenvalue weighted by atomic mass is 10.1. The number of anilines is 2. The Kier molecular flexibility index (Phi) is 8.16. The summed E-state index contributed by atoms with van der Waals surface area (Å²) >= 11 is 0. The van der Waals surface area contributed by atoms with Crippen LogP contribution in [0.5, 0.6) is 0 Å². The van der Waals surface area contributed by atoms with E-state index in [0.717, 1.165) is 0 Å². The molecular formula is C24H32N4O5S. The van der Waals surface area contributed by atoms with Crippen molar-refractivity contribution in [1.29, 1.82) is 0 Å². The number of carbonyl (C=O) groups excluding carboxylic acids is 1. The second-order valence-electron chi connectivity index (χ2n) is 8.24. The van der Waals surface area contributed by atoms with Crippen LogP contribution >= 0.6 is 0 Å². The standard InChI is InChI=1S/C24H32N4O5S/c1-4-27(5-2)23(29)17-26-12-14-28(15-13-26)19-10-11-21(20(16-19)24(30)31)25-34(32,33)22-9-7-6-8-18(22)3/h6-11,16,25H,4-5,12-15,17H2,1-3H3,(H,30,31). The third kappa shape index (κ3) is 5.87. The van der Waals surface area contributed by atoms with Gasteiger partial charge in [-0.05, 0) is 50.6 Å². The van der Waals surface area contributed by atoms with Crippen molar-refractivity contribution in [2.24, 2.45) is 0 Å². The first-order chi connectivity index (χ1) is 16.2. The summed E-state index contributed by atoms with van der Waals surface area (Å²) in [4.78, 5) is 30.4.